The molecule has 0 spiro atoms. The van der Waals surface area contributed by atoms with Gasteiger partial charge in [0.1, 0.15) is 0 Å². The first kappa shape index (κ1) is 18.1. The third-order valence-electron chi connectivity index (χ3n) is 6.84. The molecule has 6 rings (SSSR count). The number of amides is 2. The fourth-order valence-corrected chi connectivity index (χ4v) is 5.64. The van der Waals surface area contributed by atoms with Crippen LogP contribution in [0.25, 0.3) is 5.57 Å². The van der Waals surface area contributed by atoms with Crippen molar-refractivity contribution in [3.05, 3.63) is 120 Å². The minimum atomic E-state index is -0.319. The van der Waals surface area contributed by atoms with Crippen LogP contribution in [0, 0.1) is 23.7 Å². The Hall–Kier alpha value is -3.72. The van der Waals surface area contributed by atoms with Gasteiger partial charge in [-0.05, 0) is 34.4 Å². The molecular weight excluding hydrogens is 382 g/mol. The van der Waals surface area contributed by atoms with E-state index in [1.807, 2.05) is 66.7 Å². The lowest BCUT2D eigenvalue weighted by Gasteiger charge is -2.21. The second-order valence-electron chi connectivity index (χ2n) is 8.40. The maximum atomic E-state index is 13.5. The summed E-state index contributed by atoms with van der Waals surface area (Å²) in [6.45, 7) is 0. The predicted molar refractivity (Wildman–Crippen MR) is 121 cm³/mol. The number of allylic oxidation sites excluding steroid dienone is 3. The van der Waals surface area contributed by atoms with Crippen LogP contribution < -0.4 is 4.90 Å². The zero-order valence-corrected chi connectivity index (χ0v) is 16.9. The van der Waals surface area contributed by atoms with E-state index < -0.39 is 0 Å². The fraction of sp³-hybridized carbons (Fsp3) is 0.143. The summed E-state index contributed by atoms with van der Waals surface area (Å²) in [6.07, 6.45) is 4.29. The van der Waals surface area contributed by atoms with Crippen molar-refractivity contribution in [3.8, 4) is 0 Å². The van der Waals surface area contributed by atoms with Crippen molar-refractivity contribution in [2.75, 3.05) is 4.90 Å². The van der Waals surface area contributed by atoms with Gasteiger partial charge in [0.2, 0.25) is 11.8 Å². The molecule has 3 nitrogen and oxygen atoms in total. The summed E-state index contributed by atoms with van der Waals surface area (Å²) in [5.41, 5.74) is 5.29. The standard InChI is InChI=1S/C28H21NO2/c30-27-25-21-16-17-22(26(25)28(31)29(27)20-14-8-3-9-15-20)24(21)23(18-10-4-1-5-11-18)19-12-6-2-7-13-19/h1-17,21-22,25-26H. The summed E-state index contributed by atoms with van der Waals surface area (Å²) in [5, 5.41) is 0. The Kier molecular flexibility index (Phi) is 4.03. The van der Waals surface area contributed by atoms with E-state index in [-0.39, 0.29) is 35.5 Å². The van der Waals surface area contributed by atoms with Crippen LogP contribution in [0.5, 0.6) is 0 Å². The summed E-state index contributed by atoms with van der Waals surface area (Å²) in [4.78, 5) is 28.4. The highest BCUT2D eigenvalue weighted by atomic mass is 16.2. The van der Waals surface area contributed by atoms with Crippen LogP contribution in [0.4, 0.5) is 5.69 Å². The van der Waals surface area contributed by atoms with Gasteiger partial charge in [-0.25, -0.2) is 4.90 Å². The molecule has 2 aliphatic carbocycles. The van der Waals surface area contributed by atoms with Crippen molar-refractivity contribution < 1.29 is 9.59 Å². The van der Waals surface area contributed by atoms with E-state index in [0.717, 1.165) is 16.7 Å². The van der Waals surface area contributed by atoms with Gasteiger partial charge in [-0.2, -0.15) is 0 Å². The quantitative estimate of drug-likeness (QED) is 0.450. The number of benzene rings is 3. The van der Waals surface area contributed by atoms with Gasteiger partial charge in [-0.15, -0.1) is 0 Å². The molecule has 0 N–H and O–H groups in total. The lowest BCUT2D eigenvalue weighted by atomic mass is 9.85. The number of hydrogen-bond donors (Lipinski definition) is 0. The van der Waals surface area contributed by atoms with Crippen LogP contribution in [0.2, 0.25) is 0 Å². The van der Waals surface area contributed by atoms with Crippen molar-refractivity contribution in [2.24, 2.45) is 23.7 Å². The first-order valence-electron chi connectivity index (χ1n) is 10.7. The van der Waals surface area contributed by atoms with Gasteiger partial charge >= 0.3 is 0 Å². The van der Waals surface area contributed by atoms with Crippen molar-refractivity contribution >= 4 is 23.1 Å². The van der Waals surface area contributed by atoms with Gasteiger partial charge in [0.05, 0.1) is 17.5 Å². The van der Waals surface area contributed by atoms with Crippen LogP contribution >= 0.6 is 0 Å². The van der Waals surface area contributed by atoms with Crippen molar-refractivity contribution in [3.63, 3.8) is 0 Å². The maximum Gasteiger partial charge on any atom is 0.238 e. The van der Waals surface area contributed by atoms with E-state index in [4.69, 9.17) is 0 Å². The Balaban J connectivity index is 1.50. The molecule has 2 amide bonds. The predicted octanol–water partition coefficient (Wildman–Crippen LogP) is 5.11. The SMILES string of the molecule is O=C1C2C3C=CC(C3=C(c3ccccc3)c3ccccc3)C2C(=O)N1c1ccccc1. The number of nitrogens with zero attached hydrogens (tertiary/aromatic N) is 1. The van der Waals surface area contributed by atoms with Crippen LogP contribution in [-0.2, 0) is 9.59 Å². The summed E-state index contributed by atoms with van der Waals surface area (Å²) in [7, 11) is 0. The molecule has 150 valence electrons. The van der Waals surface area contributed by atoms with Crippen LogP contribution in [-0.4, -0.2) is 11.8 Å². The van der Waals surface area contributed by atoms with E-state index >= 15 is 0 Å². The second kappa shape index (κ2) is 6.92. The molecule has 4 atom stereocenters. The zero-order valence-electron chi connectivity index (χ0n) is 16.9. The molecule has 4 unspecified atom stereocenters. The third kappa shape index (κ3) is 2.59. The molecule has 3 heteroatoms. The number of rotatable bonds is 3. The number of fused-ring (bicyclic) bond motifs is 5. The van der Waals surface area contributed by atoms with E-state index in [1.54, 1.807) is 0 Å². The van der Waals surface area contributed by atoms with E-state index in [2.05, 4.69) is 36.4 Å². The number of carbonyl (C=O) groups excluding carboxylic acids is 2. The van der Waals surface area contributed by atoms with Crippen LogP contribution in [0.15, 0.2) is 109 Å². The van der Waals surface area contributed by atoms with E-state index in [0.29, 0.717) is 5.69 Å². The molecular formula is C28H21NO2. The van der Waals surface area contributed by atoms with Crippen molar-refractivity contribution in [2.45, 2.75) is 0 Å². The van der Waals surface area contributed by atoms with Gasteiger partial charge < -0.3 is 0 Å². The molecule has 0 aromatic heterocycles. The smallest absolute Gasteiger partial charge is 0.238 e. The highest BCUT2D eigenvalue weighted by molar-refractivity contribution is 6.23. The Morgan fingerprint density at radius 3 is 1.45 bits per heavy atom. The molecule has 1 heterocycles. The van der Waals surface area contributed by atoms with Crippen molar-refractivity contribution in [1.29, 1.82) is 0 Å². The maximum absolute atomic E-state index is 13.5. The largest absolute Gasteiger partial charge is 0.274 e. The lowest BCUT2D eigenvalue weighted by molar-refractivity contribution is -0.122. The first-order chi connectivity index (χ1) is 15.3. The summed E-state index contributed by atoms with van der Waals surface area (Å²) in [5.74, 6) is -0.876. The summed E-state index contributed by atoms with van der Waals surface area (Å²) < 4.78 is 0. The molecule has 2 bridgehead atoms. The molecule has 3 aromatic rings. The molecule has 3 aromatic carbocycles. The zero-order chi connectivity index (χ0) is 20.9. The normalized spacial score (nSPS) is 25.9. The fourth-order valence-electron chi connectivity index (χ4n) is 5.64. The molecule has 31 heavy (non-hydrogen) atoms. The van der Waals surface area contributed by atoms with Gasteiger partial charge in [-0.3, -0.25) is 9.59 Å². The minimum absolute atomic E-state index is 0.0458. The number of hydrogen-bond acceptors (Lipinski definition) is 2. The Morgan fingerprint density at radius 2 is 1.00 bits per heavy atom. The highest BCUT2D eigenvalue weighted by Gasteiger charge is 2.62. The topological polar surface area (TPSA) is 37.4 Å². The second-order valence-corrected chi connectivity index (χ2v) is 8.40. The Labute approximate surface area is 181 Å². The number of imide groups is 1. The molecule has 1 saturated carbocycles. The summed E-state index contributed by atoms with van der Waals surface area (Å²) >= 11 is 0. The first-order valence-corrected chi connectivity index (χ1v) is 10.7. The Bertz CT molecular complexity index is 1150. The average molecular weight is 403 g/mol. The number of carbonyl (C=O) groups is 2. The summed E-state index contributed by atoms with van der Waals surface area (Å²) in [6, 6.07) is 29.9. The van der Waals surface area contributed by atoms with E-state index in [9.17, 15) is 9.59 Å². The Morgan fingerprint density at radius 1 is 0.581 bits per heavy atom. The number of anilines is 1. The van der Waals surface area contributed by atoms with Gasteiger partial charge in [0, 0.05) is 11.8 Å². The molecule has 0 radical (unpaired) electrons. The van der Waals surface area contributed by atoms with Crippen molar-refractivity contribution in [1.82, 2.24) is 0 Å². The highest BCUT2D eigenvalue weighted by Crippen LogP contribution is 2.58. The monoisotopic (exact) mass is 403 g/mol. The van der Waals surface area contributed by atoms with Crippen LogP contribution in [0.1, 0.15) is 11.1 Å². The van der Waals surface area contributed by atoms with Gasteiger partial charge in [0.25, 0.3) is 0 Å². The van der Waals surface area contributed by atoms with E-state index in [1.165, 1.54) is 10.5 Å². The number of para-hydroxylation sites is 1. The van der Waals surface area contributed by atoms with Gasteiger partial charge in [-0.1, -0.05) is 91.0 Å². The van der Waals surface area contributed by atoms with Gasteiger partial charge in [0.15, 0.2) is 0 Å². The molecule has 1 aliphatic heterocycles. The minimum Gasteiger partial charge on any atom is -0.274 e. The average Bonchev–Trinajstić information content (AvgIpc) is 3.45. The molecule has 2 fully saturated rings. The third-order valence-corrected chi connectivity index (χ3v) is 6.84. The molecule has 3 aliphatic rings. The van der Waals surface area contributed by atoms with Crippen LogP contribution in [0.3, 0.4) is 0 Å². The lowest BCUT2D eigenvalue weighted by Crippen LogP contribution is -2.33. The molecule has 1 saturated heterocycles.